The zero-order valence-corrected chi connectivity index (χ0v) is 17.0. The predicted molar refractivity (Wildman–Crippen MR) is 110 cm³/mol. The van der Waals surface area contributed by atoms with Crippen LogP contribution in [-0.2, 0) is 0 Å². The molecule has 2 N–H and O–H groups in total. The third kappa shape index (κ3) is 5.68. The summed E-state index contributed by atoms with van der Waals surface area (Å²) in [6, 6.07) is 15.4. The molecule has 0 fully saturated rings. The average Bonchev–Trinajstić information content (AvgIpc) is 3.14. The first kappa shape index (κ1) is 20.6. The van der Waals surface area contributed by atoms with Crippen molar-refractivity contribution >= 4 is 33.4 Å². The Morgan fingerprint density at radius 3 is 2.62 bits per heavy atom. The lowest BCUT2D eigenvalue weighted by Crippen LogP contribution is -2.36. The van der Waals surface area contributed by atoms with E-state index in [1.165, 1.54) is 18.2 Å². The number of hydrogen-bond acceptors (Lipinski definition) is 4. The number of hydrogen-bond donors (Lipinski definition) is 2. The second-order valence-electron chi connectivity index (χ2n) is 6.25. The molecule has 3 rings (SSSR count). The minimum absolute atomic E-state index is 0.108. The van der Waals surface area contributed by atoms with E-state index in [-0.39, 0.29) is 30.1 Å². The quantitative estimate of drug-likeness (QED) is 0.538. The largest absolute Gasteiger partial charge is 0.488 e. The predicted octanol–water partition coefficient (Wildman–Crippen LogP) is 4.63. The Morgan fingerprint density at radius 1 is 1.10 bits per heavy atom. The Hall–Kier alpha value is -3.13. The number of halogens is 2. The van der Waals surface area contributed by atoms with E-state index in [0.29, 0.717) is 15.9 Å². The number of nitrogens with one attached hydrogen (secondary N) is 2. The fourth-order valence-electron chi connectivity index (χ4n) is 2.49. The lowest BCUT2D eigenvalue weighted by atomic mass is 10.1. The van der Waals surface area contributed by atoms with Gasteiger partial charge in [0, 0.05) is 11.3 Å². The minimum Gasteiger partial charge on any atom is -0.488 e. The van der Waals surface area contributed by atoms with Crippen LogP contribution in [0.5, 0.6) is 5.75 Å². The average molecular weight is 461 g/mol. The van der Waals surface area contributed by atoms with Crippen LogP contribution in [-0.4, -0.2) is 24.5 Å². The van der Waals surface area contributed by atoms with Crippen LogP contribution in [0, 0.1) is 5.82 Å². The first-order chi connectivity index (χ1) is 13.9. The van der Waals surface area contributed by atoms with Gasteiger partial charge in [0.15, 0.2) is 22.0 Å². The van der Waals surface area contributed by atoms with Crippen molar-refractivity contribution in [3.63, 3.8) is 0 Å². The highest BCUT2D eigenvalue weighted by molar-refractivity contribution is 9.10. The van der Waals surface area contributed by atoms with Crippen molar-refractivity contribution in [3.05, 3.63) is 82.5 Å². The Labute approximate surface area is 175 Å². The monoisotopic (exact) mass is 460 g/mol. The number of carbonyl (C=O) groups excluding carboxylic acids is 2. The second kappa shape index (κ2) is 9.38. The molecule has 0 saturated heterocycles. The molecule has 1 heterocycles. The van der Waals surface area contributed by atoms with Crippen LogP contribution in [0.15, 0.2) is 69.8 Å². The molecule has 0 spiro atoms. The molecule has 2 amide bonds. The molecule has 1 aromatic heterocycles. The van der Waals surface area contributed by atoms with Gasteiger partial charge in [-0.2, -0.15) is 0 Å². The SMILES string of the molecule is CC(COc1ccccc1F)NC(=O)c1cccc(NC(=O)c2ccc(Br)o2)c1. The van der Waals surface area contributed by atoms with Crippen molar-refractivity contribution < 1.29 is 23.1 Å². The van der Waals surface area contributed by atoms with E-state index in [9.17, 15) is 14.0 Å². The number of furan rings is 1. The molecule has 8 heteroatoms. The summed E-state index contributed by atoms with van der Waals surface area (Å²) < 4.78 is 24.6. The number of anilines is 1. The van der Waals surface area contributed by atoms with Gasteiger partial charge in [-0.3, -0.25) is 9.59 Å². The Bertz CT molecular complexity index is 1020. The van der Waals surface area contributed by atoms with Crippen molar-refractivity contribution in [3.8, 4) is 5.75 Å². The van der Waals surface area contributed by atoms with Gasteiger partial charge in [0.05, 0.1) is 6.04 Å². The van der Waals surface area contributed by atoms with Crippen molar-refractivity contribution in [1.82, 2.24) is 5.32 Å². The fraction of sp³-hybridized carbons (Fsp3) is 0.143. The fourth-order valence-corrected chi connectivity index (χ4v) is 2.80. The highest BCUT2D eigenvalue weighted by Crippen LogP contribution is 2.18. The van der Waals surface area contributed by atoms with E-state index in [0.717, 1.165) is 0 Å². The van der Waals surface area contributed by atoms with Crippen LogP contribution in [0.25, 0.3) is 0 Å². The van der Waals surface area contributed by atoms with E-state index >= 15 is 0 Å². The highest BCUT2D eigenvalue weighted by atomic mass is 79.9. The highest BCUT2D eigenvalue weighted by Gasteiger charge is 2.14. The van der Waals surface area contributed by atoms with E-state index in [2.05, 4.69) is 26.6 Å². The number of amides is 2. The van der Waals surface area contributed by atoms with E-state index in [1.807, 2.05) is 0 Å². The number of rotatable bonds is 7. The van der Waals surface area contributed by atoms with Crippen LogP contribution < -0.4 is 15.4 Å². The molecule has 0 aliphatic carbocycles. The summed E-state index contributed by atoms with van der Waals surface area (Å²) in [5, 5.41) is 5.45. The summed E-state index contributed by atoms with van der Waals surface area (Å²) in [5.41, 5.74) is 0.812. The molecule has 29 heavy (non-hydrogen) atoms. The van der Waals surface area contributed by atoms with Crippen LogP contribution in [0.3, 0.4) is 0 Å². The Morgan fingerprint density at radius 2 is 1.90 bits per heavy atom. The maximum absolute atomic E-state index is 13.6. The molecule has 150 valence electrons. The molecular weight excluding hydrogens is 443 g/mol. The number of carbonyl (C=O) groups is 2. The van der Waals surface area contributed by atoms with Crippen LogP contribution in [0.4, 0.5) is 10.1 Å². The molecule has 0 saturated carbocycles. The molecular formula is C21H18BrFN2O4. The van der Waals surface area contributed by atoms with Gasteiger partial charge in [-0.15, -0.1) is 0 Å². The van der Waals surface area contributed by atoms with E-state index < -0.39 is 11.7 Å². The molecule has 0 aliphatic heterocycles. The first-order valence-electron chi connectivity index (χ1n) is 8.77. The summed E-state index contributed by atoms with van der Waals surface area (Å²) in [6.07, 6.45) is 0. The Balaban J connectivity index is 1.57. The molecule has 6 nitrogen and oxygen atoms in total. The van der Waals surface area contributed by atoms with Crippen molar-refractivity contribution in [1.29, 1.82) is 0 Å². The van der Waals surface area contributed by atoms with Gasteiger partial charge < -0.3 is 19.8 Å². The summed E-state index contributed by atoms with van der Waals surface area (Å²) in [5.74, 6) is -0.960. The third-order valence-electron chi connectivity index (χ3n) is 3.88. The van der Waals surface area contributed by atoms with Crippen LogP contribution in [0.1, 0.15) is 27.8 Å². The summed E-state index contributed by atoms with van der Waals surface area (Å²) in [7, 11) is 0. The van der Waals surface area contributed by atoms with E-state index in [1.54, 1.807) is 49.4 Å². The molecule has 0 bridgehead atoms. The van der Waals surface area contributed by atoms with E-state index in [4.69, 9.17) is 9.15 Å². The van der Waals surface area contributed by atoms with Gasteiger partial charge in [0.2, 0.25) is 0 Å². The molecule has 1 atom stereocenters. The lowest BCUT2D eigenvalue weighted by Gasteiger charge is -2.15. The first-order valence-corrected chi connectivity index (χ1v) is 9.56. The zero-order valence-electron chi connectivity index (χ0n) is 15.4. The lowest BCUT2D eigenvalue weighted by molar-refractivity contribution is 0.0924. The molecule has 3 aromatic rings. The van der Waals surface area contributed by atoms with Crippen molar-refractivity contribution in [2.75, 3.05) is 11.9 Å². The van der Waals surface area contributed by atoms with Crippen molar-refractivity contribution in [2.24, 2.45) is 0 Å². The van der Waals surface area contributed by atoms with Crippen LogP contribution >= 0.6 is 15.9 Å². The van der Waals surface area contributed by atoms with Gasteiger partial charge in [-0.25, -0.2) is 4.39 Å². The third-order valence-corrected chi connectivity index (χ3v) is 4.31. The zero-order chi connectivity index (χ0) is 20.8. The number of benzene rings is 2. The standard InChI is InChI=1S/C21H18BrFN2O4/c1-13(12-28-17-8-3-2-7-16(17)23)24-20(26)14-5-4-6-15(11-14)25-21(27)18-9-10-19(22)29-18/h2-11,13H,12H2,1H3,(H,24,26)(H,25,27). The van der Waals surface area contributed by atoms with Gasteiger partial charge in [0.25, 0.3) is 11.8 Å². The normalized spacial score (nSPS) is 11.6. The number of ether oxygens (including phenoxy) is 1. The number of para-hydroxylation sites is 1. The maximum atomic E-state index is 13.6. The molecule has 0 aliphatic rings. The summed E-state index contributed by atoms with van der Waals surface area (Å²) in [4.78, 5) is 24.6. The van der Waals surface area contributed by atoms with Crippen LogP contribution in [0.2, 0.25) is 0 Å². The van der Waals surface area contributed by atoms with Gasteiger partial charge >= 0.3 is 0 Å². The summed E-state index contributed by atoms with van der Waals surface area (Å²) in [6.45, 7) is 1.86. The topological polar surface area (TPSA) is 80.6 Å². The van der Waals surface area contributed by atoms with Gasteiger partial charge in [0.1, 0.15) is 6.61 Å². The Kier molecular flexibility index (Phi) is 6.66. The maximum Gasteiger partial charge on any atom is 0.291 e. The molecule has 1 unspecified atom stereocenters. The minimum atomic E-state index is -0.460. The molecule has 0 radical (unpaired) electrons. The van der Waals surface area contributed by atoms with Gasteiger partial charge in [-0.05, 0) is 65.3 Å². The second-order valence-corrected chi connectivity index (χ2v) is 7.04. The van der Waals surface area contributed by atoms with Crippen molar-refractivity contribution in [2.45, 2.75) is 13.0 Å². The molecule has 2 aromatic carbocycles. The smallest absolute Gasteiger partial charge is 0.291 e. The summed E-state index contributed by atoms with van der Waals surface area (Å²) >= 11 is 3.14. The van der Waals surface area contributed by atoms with Gasteiger partial charge in [-0.1, -0.05) is 18.2 Å².